The first-order valence-electron chi connectivity index (χ1n) is 11.3. The van der Waals surface area contributed by atoms with Gasteiger partial charge < -0.3 is 15.4 Å². The van der Waals surface area contributed by atoms with Gasteiger partial charge in [-0.15, -0.1) is 0 Å². The first kappa shape index (κ1) is 24.9. The van der Waals surface area contributed by atoms with Crippen LogP contribution in [0.2, 0.25) is 0 Å². The Balaban J connectivity index is 1.52. The van der Waals surface area contributed by atoms with E-state index in [1.807, 2.05) is 58.0 Å². The van der Waals surface area contributed by atoms with Crippen LogP contribution in [0, 0.1) is 6.92 Å². The van der Waals surface area contributed by atoms with Crippen molar-refractivity contribution in [2.45, 2.75) is 59.1 Å². The molecule has 0 unspecified atom stereocenters. The van der Waals surface area contributed by atoms with Gasteiger partial charge in [0.05, 0.1) is 17.6 Å². The average Bonchev–Trinajstić information content (AvgIpc) is 3.12. The van der Waals surface area contributed by atoms with Crippen LogP contribution in [0.15, 0.2) is 35.1 Å². The fourth-order valence-electron chi connectivity index (χ4n) is 3.44. The highest BCUT2D eigenvalue weighted by Gasteiger charge is 2.16. The Bertz CT molecular complexity index is 1120. The molecule has 2 aromatic heterocycles. The molecule has 2 N–H and O–H groups in total. The van der Waals surface area contributed by atoms with E-state index in [2.05, 4.69) is 15.0 Å². The lowest BCUT2D eigenvalue weighted by atomic mass is 10.2. The summed E-state index contributed by atoms with van der Waals surface area (Å²) in [6.07, 6.45) is 1.96. The molecule has 0 aliphatic carbocycles. The van der Waals surface area contributed by atoms with Gasteiger partial charge in [-0.05, 0) is 70.7 Å². The molecule has 0 atom stereocenters. The molecule has 0 aliphatic rings. The number of fused-ring (bicyclic) bond motifs is 1. The van der Waals surface area contributed by atoms with E-state index in [-0.39, 0.29) is 5.56 Å². The maximum absolute atomic E-state index is 13.2. The van der Waals surface area contributed by atoms with Gasteiger partial charge in [-0.2, -0.15) is 4.37 Å². The minimum absolute atomic E-state index is 0.0220. The molecule has 1 amide bonds. The van der Waals surface area contributed by atoms with Crippen molar-refractivity contribution < 1.29 is 9.53 Å². The summed E-state index contributed by atoms with van der Waals surface area (Å²) < 4.78 is 11.3. The van der Waals surface area contributed by atoms with Crippen molar-refractivity contribution in [3.63, 3.8) is 0 Å². The molecule has 2 heterocycles. The molecule has 0 spiro atoms. The first-order chi connectivity index (χ1) is 15.7. The Morgan fingerprint density at radius 1 is 1.12 bits per heavy atom. The van der Waals surface area contributed by atoms with E-state index in [4.69, 9.17) is 9.72 Å². The highest BCUT2D eigenvalue weighted by Crippen LogP contribution is 2.18. The quantitative estimate of drug-likeness (QED) is 0.438. The van der Waals surface area contributed by atoms with Crippen LogP contribution in [0.25, 0.3) is 10.2 Å². The summed E-state index contributed by atoms with van der Waals surface area (Å²) in [7, 11) is 0. The summed E-state index contributed by atoms with van der Waals surface area (Å²) in [6.45, 7) is 10.0. The van der Waals surface area contributed by atoms with Crippen molar-refractivity contribution in [3.8, 4) is 0 Å². The Labute approximate surface area is 198 Å². The second-order valence-corrected chi connectivity index (χ2v) is 9.74. The van der Waals surface area contributed by atoms with Gasteiger partial charge in [0.2, 0.25) is 0 Å². The van der Waals surface area contributed by atoms with Crippen molar-refractivity contribution in [2.75, 3.05) is 19.6 Å². The molecule has 178 valence electrons. The highest BCUT2D eigenvalue weighted by atomic mass is 32.1. The molecule has 1 aromatic carbocycles. The van der Waals surface area contributed by atoms with Crippen LogP contribution in [0.1, 0.15) is 50.7 Å². The van der Waals surface area contributed by atoms with E-state index in [0.29, 0.717) is 29.7 Å². The molecule has 0 radical (unpaired) electrons. The lowest BCUT2D eigenvalue weighted by molar-refractivity contribution is 0.0527. The number of carbonyl (C=O) groups excluding carboxylic acids is 1. The molecule has 3 rings (SSSR count). The number of rotatable bonds is 10. The zero-order valence-electron chi connectivity index (χ0n) is 19.8. The predicted octanol–water partition coefficient (Wildman–Crippen LogP) is 3.65. The van der Waals surface area contributed by atoms with Crippen molar-refractivity contribution >= 4 is 27.8 Å². The smallest absolute Gasteiger partial charge is 0.407 e. The van der Waals surface area contributed by atoms with Crippen LogP contribution in [0.5, 0.6) is 0 Å². The van der Waals surface area contributed by atoms with Crippen molar-refractivity contribution in [2.24, 2.45) is 0 Å². The summed E-state index contributed by atoms with van der Waals surface area (Å²) >= 11 is 1.28. The van der Waals surface area contributed by atoms with E-state index in [0.717, 1.165) is 43.0 Å². The molecule has 0 bridgehead atoms. The summed E-state index contributed by atoms with van der Waals surface area (Å²) in [6, 6.07) is 9.96. The van der Waals surface area contributed by atoms with Crippen LogP contribution < -0.4 is 16.2 Å². The number of carbonyl (C=O) groups is 1. The lowest BCUT2D eigenvalue weighted by Crippen LogP contribution is -2.34. The molecule has 0 fully saturated rings. The average molecular weight is 472 g/mol. The fraction of sp³-hybridized carbons (Fsp3) is 0.500. The van der Waals surface area contributed by atoms with E-state index < -0.39 is 11.7 Å². The van der Waals surface area contributed by atoms with Crippen LogP contribution in [0.3, 0.4) is 0 Å². The molecular formula is C24H33N5O3S. The third-order valence-corrected chi connectivity index (χ3v) is 5.82. The second kappa shape index (κ2) is 11.4. The number of amides is 1. The monoisotopic (exact) mass is 471 g/mol. The number of benzene rings is 1. The molecule has 8 nitrogen and oxygen atoms in total. The van der Waals surface area contributed by atoms with E-state index >= 15 is 0 Å². The number of nitrogens with one attached hydrogen (secondary N) is 2. The number of alkyl carbamates (subject to hydrolysis) is 1. The third kappa shape index (κ3) is 7.36. The number of hydrogen-bond acceptors (Lipinski definition) is 7. The SMILES string of the molecule is Cc1nsc2nc(CCCNCCCNC(=O)OC(C)(C)C)n(Cc3ccccc3)c(=O)c12. The predicted molar refractivity (Wildman–Crippen MR) is 132 cm³/mol. The fourth-order valence-corrected chi connectivity index (χ4v) is 4.23. The number of ether oxygens (including phenoxy) is 1. The van der Waals surface area contributed by atoms with Gasteiger partial charge >= 0.3 is 6.09 Å². The van der Waals surface area contributed by atoms with Crippen LogP contribution in [0.4, 0.5) is 4.79 Å². The van der Waals surface area contributed by atoms with Crippen molar-refractivity contribution in [1.29, 1.82) is 0 Å². The summed E-state index contributed by atoms with van der Waals surface area (Å²) in [5.41, 5.74) is 1.30. The van der Waals surface area contributed by atoms with Gasteiger partial charge in [-0.25, -0.2) is 9.78 Å². The first-order valence-corrected chi connectivity index (χ1v) is 12.1. The van der Waals surface area contributed by atoms with Gasteiger partial charge in [0.25, 0.3) is 5.56 Å². The number of nitrogens with zero attached hydrogens (tertiary/aromatic N) is 3. The molecule has 3 aromatic rings. The minimum Gasteiger partial charge on any atom is -0.444 e. The van der Waals surface area contributed by atoms with Gasteiger partial charge in [0.15, 0.2) is 4.83 Å². The number of hydrogen-bond donors (Lipinski definition) is 2. The van der Waals surface area contributed by atoms with E-state index in [1.54, 1.807) is 4.57 Å². The standard InChI is InChI=1S/C24H33N5O3S/c1-17-20-21(33-28-17)27-19(29(22(20)30)16-18-10-6-5-7-11-18)12-8-13-25-14-9-15-26-23(31)32-24(2,3)4/h5-7,10-11,25H,8-9,12-16H2,1-4H3,(H,26,31). The number of aromatic nitrogens is 3. The molecule has 0 saturated heterocycles. The maximum atomic E-state index is 13.2. The Morgan fingerprint density at radius 2 is 1.85 bits per heavy atom. The van der Waals surface area contributed by atoms with Crippen LogP contribution in [-0.2, 0) is 17.7 Å². The number of aryl methyl sites for hydroxylation is 2. The molecule has 33 heavy (non-hydrogen) atoms. The van der Waals surface area contributed by atoms with E-state index in [9.17, 15) is 9.59 Å². The summed E-state index contributed by atoms with van der Waals surface area (Å²) in [4.78, 5) is 30.3. The Hall–Kier alpha value is -2.78. The third-order valence-electron chi connectivity index (χ3n) is 4.98. The Kier molecular flexibility index (Phi) is 8.57. The van der Waals surface area contributed by atoms with Crippen LogP contribution >= 0.6 is 11.5 Å². The van der Waals surface area contributed by atoms with E-state index in [1.165, 1.54) is 11.5 Å². The van der Waals surface area contributed by atoms with Gasteiger partial charge in [-0.3, -0.25) is 9.36 Å². The molecule has 9 heteroatoms. The van der Waals surface area contributed by atoms with Gasteiger partial charge in [0.1, 0.15) is 11.4 Å². The molecule has 0 aliphatic heterocycles. The van der Waals surface area contributed by atoms with Crippen molar-refractivity contribution in [1.82, 2.24) is 24.6 Å². The van der Waals surface area contributed by atoms with Gasteiger partial charge in [0, 0.05) is 13.0 Å². The van der Waals surface area contributed by atoms with Crippen molar-refractivity contribution in [3.05, 3.63) is 57.8 Å². The zero-order chi connectivity index (χ0) is 23.8. The summed E-state index contributed by atoms with van der Waals surface area (Å²) in [5, 5.41) is 6.76. The molecule has 0 saturated carbocycles. The second-order valence-electron chi connectivity index (χ2n) is 8.99. The van der Waals surface area contributed by atoms with Crippen LogP contribution in [-0.4, -0.2) is 45.3 Å². The Morgan fingerprint density at radius 3 is 2.58 bits per heavy atom. The minimum atomic E-state index is -0.488. The van der Waals surface area contributed by atoms with Gasteiger partial charge in [-0.1, -0.05) is 30.3 Å². The summed E-state index contributed by atoms with van der Waals surface area (Å²) in [5.74, 6) is 0.786. The zero-order valence-corrected chi connectivity index (χ0v) is 20.6. The molecular weight excluding hydrogens is 438 g/mol. The lowest BCUT2D eigenvalue weighted by Gasteiger charge is -2.19. The largest absolute Gasteiger partial charge is 0.444 e. The topological polar surface area (TPSA) is 98.1 Å². The highest BCUT2D eigenvalue weighted by molar-refractivity contribution is 7.12. The normalized spacial score (nSPS) is 11.6. The maximum Gasteiger partial charge on any atom is 0.407 e.